The minimum absolute atomic E-state index is 0.101. The zero-order chi connectivity index (χ0) is 17.0. The van der Waals surface area contributed by atoms with Gasteiger partial charge < -0.3 is 10.2 Å². The Bertz CT molecular complexity index is 582. The van der Waals surface area contributed by atoms with Crippen molar-refractivity contribution in [2.24, 2.45) is 0 Å². The van der Waals surface area contributed by atoms with E-state index in [-0.39, 0.29) is 11.9 Å². The molecule has 0 bridgehead atoms. The molecule has 3 rings (SSSR count). The van der Waals surface area contributed by atoms with Gasteiger partial charge in [0, 0.05) is 0 Å². The summed E-state index contributed by atoms with van der Waals surface area (Å²) in [5.74, 6) is -0.101. The minimum atomic E-state index is -0.902. The molecule has 1 atom stereocenters. The number of nitrogens with one attached hydrogen (secondary N) is 2. The lowest BCUT2D eigenvalue weighted by molar-refractivity contribution is -0.908. The smallest absolute Gasteiger partial charge is 0.319 e. The van der Waals surface area contributed by atoms with Gasteiger partial charge in [-0.15, -0.1) is 0 Å². The Labute approximate surface area is 144 Å². The van der Waals surface area contributed by atoms with Gasteiger partial charge >= 0.3 is 6.03 Å². The Morgan fingerprint density at radius 1 is 1.04 bits per heavy atom. The van der Waals surface area contributed by atoms with Crippen LogP contribution in [0.2, 0.25) is 0 Å². The number of hydrogen-bond acceptors (Lipinski definition) is 2. The molecule has 130 valence electrons. The van der Waals surface area contributed by atoms with E-state index in [0.29, 0.717) is 13.1 Å². The fraction of sp³-hybridized carbons (Fsp3) is 0.579. The van der Waals surface area contributed by atoms with Gasteiger partial charge in [0.25, 0.3) is 5.91 Å². The van der Waals surface area contributed by atoms with Crippen LogP contribution in [-0.2, 0) is 10.3 Å². The van der Waals surface area contributed by atoms with Crippen LogP contribution >= 0.6 is 0 Å². The predicted octanol–water partition coefficient (Wildman–Crippen LogP) is 1.65. The number of hydrogen-bond donors (Lipinski definition) is 2. The van der Waals surface area contributed by atoms with E-state index in [1.807, 2.05) is 37.3 Å². The Hall–Kier alpha value is -1.88. The zero-order valence-corrected chi connectivity index (χ0v) is 14.5. The number of urea groups is 1. The average molecular weight is 330 g/mol. The van der Waals surface area contributed by atoms with E-state index in [0.717, 1.165) is 18.7 Å². The minimum Gasteiger partial charge on any atom is -0.319 e. The summed E-state index contributed by atoms with van der Waals surface area (Å²) >= 11 is 0. The topological polar surface area (TPSA) is 53.9 Å². The first-order chi connectivity index (χ1) is 11.7. The highest BCUT2D eigenvalue weighted by Gasteiger charge is 2.52. The van der Waals surface area contributed by atoms with Crippen LogP contribution in [0.5, 0.6) is 0 Å². The predicted molar refractivity (Wildman–Crippen MR) is 92.4 cm³/mol. The number of nitrogens with zero attached hydrogens (tertiary/aromatic N) is 1. The van der Waals surface area contributed by atoms with Crippen LogP contribution in [0.3, 0.4) is 0 Å². The third-order valence-corrected chi connectivity index (χ3v) is 5.42. The van der Waals surface area contributed by atoms with Crippen molar-refractivity contribution in [3.63, 3.8) is 0 Å². The number of imide groups is 1. The largest absolute Gasteiger partial charge is 0.329 e. The maximum atomic E-state index is 13.1. The Morgan fingerprint density at radius 2 is 1.67 bits per heavy atom. The SMILES string of the molecule is CC[C@@]1(c2ccccc2)NC(=O)N(C[NH+]2CCCCCCC2)C1=O. The molecule has 2 fully saturated rings. The molecule has 3 amide bonds. The first-order valence-electron chi connectivity index (χ1n) is 9.20. The number of amides is 3. The van der Waals surface area contributed by atoms with Crippen molar-refractivity contribution < 1.29 is 14.5 Å². The quantitative estimate of drug-likeness (QED) is 0.825. The van der Waals surface area contributed by atoms with E-state index >= 15 is 0 Å². The molecule has 2 heterocycles. The highest BCUT2D eigenvalue weighted by Crippen LogP contribution is 2.31. The molecular formula is C19H28N3O2+. The van der Waals surface area contributed by atoms with Crippen molar-refractivity contribution in [2.75, 3.05) is 19.8 Å². The maximum absolute atomic E-state index is 13.1. The molecule has 2 aliphatic heterocycles. The molecule has 5 nitrogen and oxygen atoms in total. The molecule has 2 saturated heterocycles. The van der Waals surface area contributed by atoms with Crippen molar-refractivity contribution >= 4 is 11.9 Å². The molecule has 0 radical (unpaired) electrons. The molecule has 24 heavy (non-hydrogen) atoms. The Kier molecular flexibility index (Phi) is 5.19. The van der Waals surface area contributed by atoms with Crippen LogP contribution in [0.15, 0.2) is 30.3 Å². The molecule has 5 heteroatoms. The van der Waals surface area contributed by atoms with E-state index in [9.17, 15) is 9.59 Å². The number of carbonyl (C=O) groups is 2. The lowest BCUT2D eigenvalue weighted by Crippen LogP contribution is -3.13. The molecule has 0 unspecified atom stereocenters. The van der Waals surface area contributed by atoms with Gasteiger partial charge in [0.05, 0.1) is 13.1 Å². The molecule has 1 aromatic carbocycles. The van der Waals surface area contributed by atoms with E-state index in [1.54, 1.807) is 0 Å². The monoisotopic (exact) mass is 330 g/mol. The van der Waals surface area contributed by atoms with Gasteiger partial charge in [-0.25, -0.2) is 9.69 Å². The highest BCUT2D eigenvalue weighted by molar-refractivity contribution is 6.07. The Balaban J connectivity index is 1.78. The summed E-state index contributed by atoms with van der Waals surface area (Å²) in [5.41, 5.74) is -0.0309. The Morgan fingerprint density at radius 3 is 2.29 bits per heavy atom. The summed E-state index contributed by atoms with van der Waals surface area (Å²) in [6, 6.07) is 9.36. The second-order valence-electron chi connectivity index (χ2n) is 6.96. The molecule has 0 aliphatic carbocycles. The normalized spacial score (nSPS) is 26.1. The highest BCUT2D eigenvalue weighted by atomic mass is 16.2. The molecule has 2 aliphatic rings. The van der Waals surface area contributed by atoms with Crippen LogP contribution in [0.4, 0.5) is 4.79 Å². The molecule has 2 N–H and O–H groups in total. The molecular weight excluding hydrogens is 302 g/mol. The third-order valence-electron chi connectivity index (χ3n) is 5.42. The van der Waals surface area contributed by atoms with Crippen molar-refractivity contribution in [2.45, 2.75) is 51.0 Å². The number of quaternary nitrogens is 1. The zero-order valence-electron chi connectivity index (χ0n) is 14.5. The first kappa shape index (κ1) is 17.0. The van der Waals surface area contributed by atoms with Gasteiger partial charge in [-0.05, 0) is 37.7 Å². The van der Waals surface area contributed by atoms with Gasteiger partial charge in [-0.3, -0.25) is 4.79 Å². The molecule has 0 aromatic heterocycles. The van der Waals surface area contributed by atoms with Gasteiger partial charge in [0.1, 0.15) is 5.54 Å². The van der Waals surface area contributed by atoms with Crippen LogP contribution in [0.25, 0.3) is 0 Å². The number of likely N-dealkylation sites (tertiary alicyclic amines) is 1. The number of rotatable bonds is 4. The first-order valence-corrected chi connectivity index (χ1v) is 9.20. The van der Waals surface area contributed by atoms with Crippen molar-refractivity contribution in [3.8, 4) is 0 Å². The summed E-state index contributed by atoms with van der Waals surface area (Å²) < 4.78 is 0. The molecule has 0 saturated carbocycles. The molecule has 0 spiro atoms. The standard InChI is InChI=1S/C19H27N3O2/c1-2-19(16-11-7-6-8-12-16)17(23)22(18(24)20-19)15-21-13-9-4-3-5-10-14-21/h6-8,11-12H,2-5,9-10,13-15H2,1H3,(H,20,24)/p+1/t19-/m0/s1. The summed E-state index contributed by atoms with van der Waals surface area (Å²) in [5, 5.41) is 2.97. The second-order valence-corrected chi connectivity index (χ2v) is 6.96. The number of benzene rings is 1. The van der Waals surface area contributed by atoms with Crippen LogP contribution in [-0.4, -0.2) is 36.6 Å². The maximum Gasteiger partial charge on any atom is 0.329 e. The lowest BCUT2D eigenvalue weighted by atomic mass is 9.87. The van der Waals surface area contributed by atoms with Gasteiger partial charge in [0.2, 0.25) is 0 Å². The fourth-order valence-corrected chi connectivity index (χ4v) is 3.92. The van der Waals surface area contributed by atoms with Gasteiger partial charge in [0.15, 0.2) is 6.67 Å². The summed E-state index contributed by atoms with van der Waals surface area (Å²) in [6.45, 7) is 4.53. The van der Waals surface area contributed by atoms with Crippen molar-refractivity contribution in [1.29, 1.82) is 0 Å². The van der Waals surface area contributed by atoms with E-state index in [2.05, 4.69) is 5.32 Å². The van der Waals surface area contributed by atoms with E-state index in [1.165, 1.54) is 41.9 Å². The van der Waals surface area contributed by atoms with Crippen LogP contribution in [0.1, 0.15) is 51.0 Å². The molecule has 1 aromatic rings. The fourth-order valence-electron chi connectivity index (χ4n) is 3.92. The summed E-state index contributed by atoms with van der Waals surface area (Å²) in [6.07, 6.45) is 6.74. The summed E-state index contributed by atoms with van der Waals surface area (Å²) in [7, 11) is 0. The second kappa shape index (κ2) is 7.34. The van der Waals surface area contributed by atoms with Crippen LogP contribution < -0.4 is 10.2 Å². The van der Waals surface area contributed by atoms with Crippen molar-refractivity contribution in [1.82, 2.24) is 10.2 Å². The van der Waals surface area contributed by atoms with E-state index in [4.69, 9.17) is 0 Å². The number of carbonyl (C=O) groups excluding carboxylic acids is 2. The van der Waals surface area contributed by atoms with Crippen molar-refractivity contribution in [3.05, 3.63) is 35.9 Å². The van der Waals surface area contributed by atoms with E-state index < -0.39 is 5.54 Å². The van der Waals surface area contributed by atoms with Gasteiger partial charge in [-0.2, -0.15) is 0 Å². The lowest BCUT2D eigenvalue weighted by Gasteiger charge is -2.27. The third kappa shape index (κ3) is 3.18. The average Bonchev–Trinajstić information content (AvgIpc) is 2.82. The summed E-state index contributed by atoms with van der Waals surface area (Å²) in [4.78, 5) is 28.5. The van der Waals surface area contributed by atoms with Gasteiger partial charge in [-0.1, -0.05) is 43.7 Å². The van der Waals surface area contributed by atoms with Crippen LogP contribution in [0, 0.1) is 0 Å².